The van der Waals surface area contributed by atoms with Crippen LogP contribution in [0.1, 0.15) is 31.5 Å². The van der Waals surface area contributed by atoms with E-state index in [1.807, 2.05) is 24.3 Å². The Morgan fingerprint density at radius 2 is 2.13 bits per heavy atom. The summed E-state index contributed by atoms with van der Waals surface area (Å²) in [6.45, 7) is 0. The molecule has 122 valence electrons. The molecule has 1 aromatic heterocycles. The summed E-state index contributed by atoms with van der Waals surface area (Å²) in [4.78, 5) is 16.5. The first-order valence-corrected chi connectivity index (χ1v) is 9.85. The maximum atomic E-state index is 12.0. The number of aromatic nitrogens is 3. The molecule has 1 amide bonds. The number of amides is 1. The van der Waals surface area contributed by atoms with Crippen molar-refractivity contribution in [2.24, 2.45) is 5.92 Å². The number of carbonyl (C=O) groups excluding carboxylic acids is 1. The summed E-state index contributed by atoms with van der Waals surface area (Å²) in [5.74, 6) is 1.95. The molecule has 0 spiro atoms. The standard InChI is InChI=1S/C16H19IN4OS/c17-12-7-3-4-8-13(12)18-15(22)10-23-16-19-14(20-21-16)9-11-5-1-2-6-11/h3-4,7-8,11H,1-2,5-6,9-10H2,(H,18,22)(H,19,20,21). The molecule has 0 unspecified atom stereocenters. The zero-order chi connectivity index (χ0) is 16.1. The first-order valence-electron chi connectivity index (χ1n) is 7.79. The number of nitrogens with zero attached hydrogens (tertiary/aromatic N) is 2. The van der Waals surface area contributed by atoms with E-state index in [0.717, 1.165) is 27.4 Å². The molecule has 0 saturated heterocycles. The van der Waals surface area contributed by atoms with Gasteiger partial charge < -0.3 is 5.32 Å². The molecule has 3 rings (SSSR count). The lowest BCUT2D eigenvalue weighted by Gasteiger charge is -2.06. The van der Waals surface area contributed by atoms with Crippen LogP contribution < -0.4 is 5.32 Å². The van der Waals surface area contributed by atoms with Crippen molar-refractivity contribution in [1.82, 2.24) is 15.2 Å². The Kier molecular flexibility index (Phi) is 5.93. The van der Waals surface area contributed by atoms with E-state index in [0.29, 0.717) is 10.9 Å². The fraction of sp³-hybridized carbons (Fsp3) is 0.438. The molecule has 1 aromatic carbocycles. The van der Waals surface area contributed by atoms with Crippen LogP contribution in [0.4, 0.5) is 5.69 Å². The lowest BCUT2D eigenvalue weighted by Crippen LogP contribution is -2.14. The van der Waals surface area contributed by atoms with Gasteiger partial charge in [0.05, 0.1) is 11.4 Å². The first kappa shape index (κ1) is 16.8. The molecule has 0 atom stereocenters. The van der Waals surface area contributed by atoms with Crippen molar-refractivity contribution in [3.05, 3.63) is 33.7 Å². The van der Waals surface area contributed by atoms with Crippen LogP contribution in [0.15, 0.2) is 29.4 Å². The lowest BCUT2D eigenvalue weighted by atomic mass is 10.0. The van der Waals surface area contributed by atoms with Gasteiger partial charge in [-0.2, -0.15) is 0 Å². The number of para-hydroxylation sites is 1. The highest BCUT2D eigenvalue weighted by atomic mass is 127. The number of thioether (sulfide) groups is 1. The van der Waals surface area contributed by atoms with Crippen LogP contribution in [-0.4, -0.2) is 26.8 Å². The molecule has 1 saturated carbocycles. The van der Waals surface area contributed by atoms with Gasteiger partial charge in [-0.25, -0.2) is 4.98 Å². The summed E-state index contributed by atoms with van der Waals surface area (Å²) in [7, 11) is 0. The highest BCUT2D eigenvalue weighted by molar-refractivity contribution is 14.1. The van der Waals surface area contributed by atoms with Gasteiger partial charge in [-0.1, -0.05) is 49.6 Å². The van der Waals surface area contributed by atoms with E-state index in [-0.39, 0.29) is 5.91 Å². The second-order valence-corrected chi connectivity index (χ2v) is 7.84. The number of hydrogen-bond donors (Lipinski definition) is 2. The second kappa shape index (κ2) is 8.14. The molecular formula is C16H19IN4OS. The second-order valence-electron chi connectivity index (χ2n) is 5.74. The Bertz CT molecular complexity index is 670. The van der Waals surface area contributed by atoms with Crippen molar-refractivity contribution in [3.8, 4) is 0 Å². The number of carbonyl (C=O) groups is 1. The molecular weight excluding hydrogens is 423 g/mol. The molecule has 0 bridgehead atoms. The molecule has 1 heterocycles. The van der Waals surface area contributed by atoms with Gasteiger partial charge in [-0.05, 0) is 40.6 Å². The fourth-order valence-electron chi connectivity index (χ4n) is 2.80. The number of benzene rings is 1. The molecule has 2 aromatic rings. The highest BCUT2D eigenvalue weighted by Gasteiger charge is 2.17. The van der Waals surface area contributed by atoms with Gasteiger partial charge in [0.15, 0.2) is 0 Å². The Hall–Kier alpha value is -1.09. The average molecular weight is 442 g/mol. The summed E-state index contributed by atoms with van der Waals surface area (Å²) < 4.78 is 1.03. The normalized spacial score (nSPS) is 15.0. The number of rotatable bonds is 6. The van der Waals surface area contributed by atoms with E-state index in [1.54, 1.807) is 0 Å². The van der Waals surface area contributed by atoms with Crippen molar-refractivity contribution < 1.29 is 4.79 Å². The Balaban J connectivity index is 1.47. The third-order valence-electron chi connectivity index (χ3n) is 3.95. The van der Waals surface area contributed by atoms with Crippen LogP contribution in [0.5, 0.6) is 0 Å². The Morgan fingerprint density at radius 3 is 2.91 bits per heavy atom. The summed E-state index contributed by atoms with van der Waals surface area (Å²) >= 11 is 3.57. The molecule has 23 heavy (non-hydrogen) atoms. The third-order valence-corrected chi connectivity index (χ3v) is 5.74. The van der Waals surface area contributed by atoms with Crippen LogP contribution >= 0.6 is 34.4 Å². The quantitative estimate of drug-likeness (QED) is 0.527. The molecule has 1 aliphatic carbocycles. The number of aromatic amines is 1. The number of nitrogens with one attached hydrogen (secondary N) is 2. The van der Waals surface area contributed by atoms with Gasteiger partial charge in [-0.3, -0.25) is 9.89 Å². The van der Waals surface area contributed by atoms with Crippen LogP contribution in [-0.2, 0) is 11.2 Å². The van der Waals surface area contributed by atoms with Crippen molar-refractivity contribution in [2.45, 2.75) is 37.3 Å². The molecule has 7 heteroatoms. The van der Waals surface area contributed by atoms with E-state index in [9.17, 15) is 4.79 Å². The molecule has 1 aliphatic rings. The van der Waals surface area contributed by atoms with Gasteiger partial charge in [0.1, 0.15) is 5.82 Å². The van der Waals surface area contributed by atoms with Gasteiger partial charge in [0.2, 0.25) is 11.1 Å². The largest absolute Gasteiger partial charge is 0.324 e. The van der Waals surface area contributed by atoms with Crippen LogP contribution in [0, 0.1) is 9.49 Å². The monoisotopic (exact) mass is 442 g/mol. The molecule has 5 nitrogen and oxygen atoms in total. The summed E-state index contributed by atoms with van der Waals surface area (Å²) in [5.41, 5.74) is 0.843. The van der Waals surface area contributed by atoms with Crippen molar-refractivity contribution >= 4 is 45.9 Å². The van der Waals surface area contributed by atoms with E-state index in [1.165, 1.54) is 37.4 Å². The Morgan fingerprint density at radius 1 is 1.35 bits per heavy atom. The zero-order valence-electron chi connectivity index (χ0n) is 12.7. The third kappa shape index (κ3) is 4.94. The average Bonchev–Trinajstić information content (AvgIpc) is 3.20. The zero-order valence-corrected chi connectivity index (χ0v) is 15.7. The summed E-state index contributed by atoms with van der Waals surface area (Å²) in [5, 5.41) is 10.8. The highest BCUT2D eigenvalue weighted by Crippen LogP contribution is 2.27. The maximum Gasteiger partial charge on any atom is 0.234 e. The van der Waals surface area contributed by atoms with Crippen molar-refractivity contribution in [2.75, 3.05) is 11.1 Å². The number of halogens is 1. The van der Waals surface area contributed by atoms with Gasteiger partial charge in [-0.15, -0.1) is 5.10 Å². The molecule has 0 aliphatic heterocycles. The van der Waals surface area contributed by atoms with Crippen molar-refractivity contribution in [1.29, 1.82) is 0 Å². The molecule has 2 N–H and O–H groups in total. The van der Waals surface area contributed by atoms with Crippen LogP contribution in [0.25, 0.3) is 0 Å². The predicted octanol–water partition coefficient (Wildman–Crippen LogP) is 3.87. The van der Waals surface area contributed by atoms with E-state index >= 15 is 0 Å². The van der Waals surface area contributed by atoms with Gasteiger partial charge in [0.25, 0.3) is 0 Å². The van der Waals surface area contributed by atoms with E-state index < -0.39 is 0 Å². The number of hydrogen-bond acceptors (Lipinski definition) is 4. The minimum atomic E-state index is -0.0405. The van der Waals surface area contributed by atoms with Crippen molar-refractivity contribution in [3.63, 3.8) is 0 Å². The van der Waals surface area contributed by atoms with E-state index in [4.69, 9.17) is 0 Å². The van der Waals surface area contributed by atoms with Gasteiger partial charge in [0, 0.05) is 9.99 Å². The lowest BCUT2D eigenvalue weighted by molar-refractivity contribution is -0.113. The smallest absolute Gasteiger partial charge is 0.234 e. The first-order chi connectivity index (χ1) is 11.2. The SMILES string of the molecule is O=C(CSc1n[nH]c(CC2CCCC2)n1)Nc1ccccc1I. The summed E-state index contributed by atoms with van der Waals surface area (Å²) in [6.07, 6.45) is 6.22. The minimum Gasteiger partial charge on any atom is -0.324 e. The van der Waals surface area contributed by atoms with Crippen LogP contribution in [0.2, 0.25) is 0 Å². The maximum absolute atomic E-state index is 12.0. The van der Waals surface area contributed by atoms with Gasteiger partial charge >= 0.3 is 0 Å². The number of H-pyrrole nitrogens is 1. The summed E-state index contributed by atoms with van der Waals surface area (Å²) in [6, 6.07) is 7.73. The number of anilines is 1. The molecule has 1 fully saturated rings. The van der Waals surface area contributed by atoms with Crippen LogP contribution in [0.3, 0.4) is 0 Å². The topological polar surface area (TPSA) is 70.7 Å². The van der Waals surface area contributed by atoms with E-state index in [2.05, 4.69) is 43.1 Å². The predicted molar refractivity (Wildman–Crippen MR) is 101 cm³/mol. The minimum absolute atomic E-state index is 0.0405. The molecule has 0 radical (unpaired) electrons. The fourth-order valence-corrected chi connectivity index (χ4v) is 3.94. The Labute approximate surface area is 153 Å².